The maximum absolute atomic E-state index is 14.5. The van der Waals surface area contributed by atoms with Crippen molar-refractivity contribution >= 4 is 31.7 Å². The molecular weight excluding hydrogens is 628 g/mol. The molecule has 4 aliphatic rings. The largest absolute Gasteiger partial charge is 0.507 e. The smallest absolute Gasteiger partial charge is 0.415 e. The fourth-order valence-electron chi connectivity index (χ4n) is 7.60. The SMILES string of the molecule is C=CCOC(=O)N1c2c(cc(O)c3c2C(=O)c2ccc(CN)cc2C3=O)[C@@]23O[C@@]2([C@@H](C)O[Si](CC)(CC)CC)[C@@H]1C#C/C=C\C#C[C@@H]3O. The van der Waals surface area contributed by atoms with Gasteiger partial charge in [0.2, 0.25) is 0 Å². The predicted molar refractivity (Wildman–Crippen MR) is 181 cm³/mol. The van der Waals surface area contributed by atoms with Crippen LogP contribution in [0.25, 0.3) is 0 Å². The second-order valence-electron chi connectivity index (χ2n) is 12.4. The van der Waals surface area contributed by atoms with Gasteiger partial charge in [-0.05, 0) is 61.0 Å². The Hall–Kier alpha value is -4.49. The lowest BCUT2D eigenvalue weighted by molar-refractivity contribution is 0.0887. The van der Waals surface area contributed by atoms with Crippen molar-refractivity contribution in [2.24, 2.45) is 5.73 Å². The predicted octanol–water partition coefficient (Wildman–Crippen LogP) is 4.45. The number of aliphatic hydroxyl groups excluding tert-OH is 1. The number of amides is 1. The molecule has 48 heavy (non-hydrogen) atoms. The summed E-state index contributed by atoms with van der Waals surface area (Å²) in [4.78, 5) is 44.0. The van der Waals surface area contributed by atoms with Gasteiger partial charge in [-0.2, -0.15) is 0 Å². The highest BCUT2D eigenvalue weighted by Gasteiger charge is 2.84. The summed E-state index contributed by atoms with van der Waals surface area (Å²) in [5, 5.41) is 23.6. The summed E-state index contributed by atoms with van der Waals surface area (Å²) in [5.41, 5.74) is 2.89. The summed E-state index contributed by atoms with van der Waals surface area (Å²) < 4.78 is 19.3. The molecule has 10 nitrogen and oxygen atoms in total. The number of anilines is 1. The average molecular weight is 667 g/mol. The topological polar surface area (TPSA) is 152 Å². The van der Waals surface area contributed by atoms with Crippen molar-refractivity contribution in [2.45, 2.75) is 81.8 Å². The number of epoxide rings is 1. The minimum Gasteiger partial charge on any atom is -0.507 e. The number of aliphatic hydroxyl groups is 1. The van der Waals surface area contributed by atoms with Gasteiger partial charge >= 0.3 is 6.09 Å². The number of ether oxygens (including phenoxy) is 2. The van der Waals surface area contributed by atoms with Gasteiger partial charge < -0.3 is 29.8 Å². The highest BCUT2D eigenvalue weighted by atomic mass is 28.4. The minimum absolute atomic E-state index is 0.0567. The monoisotopic (exact) mass is 666 g/mol. The van der Waals surface area contributed by atoms with E-state index in [1.54, 1.807) is 6.07 Å². The van der Waals surface area contributed by atoms with Crippen LogP contribution >= 0.6 is 0 Å². The maximum Gasteiger partial charge on any atom is 0.415 e. The first-order valence-corrected chi connectivity index (χ1v) is 18.7. The quantitative estimate of drug-likeness (QED) is 0.130. The van der Waals surface area contributed by atoms with Crippen LogP contribution in [0.15, 0.2) is 49.1 Å². The molecule has 5 atom stereocenters. The van der Waals surface area contributed by atoms with Gasteiger partial charge in [-0.1, -0.05) is 63.2 Å². The minimum atomic E-state index is -2.34. The number of benzene rings is 2. The molecule has 2 aromatic carbocycles. The molecule has 0 aromatic heterocycles. The Bertz CT molecular complexity index is 1900. The van der Waals surface area contributed by atoms with Crippen molar-refractivity contribution in [1.29, 1.82) is 0 Å². The molecule has 1 saturated heterocycles. The van der Waals surface area contributed by atoms with Crippen LogP contribution in [0.5, 0.6) is 5.75 Å². The molecule has 0 saturated carbocycles. The molecule has 0 unspecified atom stereocenters. The maximum atomic E-state index is 14.5. The zero-order valence-electron chi connectivity index (χ0n) is 27.4. The van der Waals surface area contributed by atoms with E-state index in [9.17, 15) is 24.6 Å². The molecule has 11 heteroatoms. The summed E-state index contributed by atoms with van der Waals surface area (Å²) in [6.45, 7) is 11.7. The molecule has 2 bridgehead atoms. The van der Waals surface area contributed by atoms with Crippen LogP contribution in [0.2, 0.25) is 18.1 Å². The number of hydrogen-bond donors (Lipinski definition) is 3. The van der Waals surface area contributed by atoms with Gasteiger partial charge in [0, 0.05) is 23.2 Å². The molecular formula is C37H38N2O8Si. The lowest BCUT2D eigenvalue weighted by Crippen LogP contribution is -2.63. The number of hydrogen-bond acceptors (Lipinski definition) is 9. The lowest BCUT2D eigenvalue weighted by Gasteiger charge is -2.45. The third kappa shape index (κ3) is 4.54. The molecule has 6 rings (SSSR count). The van der Waals surface area contributed by atoms with E-state index in [2.05, 4.69) is 51.0 Å². The zero-order chi connectivity index (χ0) is 34.6. The number of rotatable bonds is 9. The summed E-state index contributed by atoms with van der Waals surface area (Å²) in [6, 6.07) is 7.21. The Balaban J connectivity index is 1.70. The van der Waals surface area contributed by atoms with Crippen molar-refractivity contribution in [3.8, 4) is 29.4 Å². The zero-order valence-corrected chi connectivity index (χ0v) is 28.4. The Kier molecular flexibility index (Phi) is 8.48. The molecule has 2 aromatic rings. The number of fused-ring (bicyclic) bond motifs is 4. The standard InChI is InChI=1S/C37H38N2O8Si/c1-6-18-45-35(44)39-28-14-12-10-11-13-15-29(41)37(36(28,47-37)22(5)46-48(7-2,8-3)9-4)26-20-27(40)30-31(32(26)39)33(42)24-17-16-23(21-38)19-25(24)34(30)43/h6,10-11,16-17,19-20,22,28-29,40-41H,1,7-9,18,21,38H2,2-5H3/b11-10-/t22-,28+,29+,36+,37+/m1/s1. The van der Waals surface area contributed by atoms with Crippen LogP contribution in [0.1, 0.15) is 70.7 Å². The van der Waals surface area contributed by atoms with Gasteiger partial charge in [0.05, 0.1) is 22.9 Å². The van der Waals surface area contributed by atoms with Gasteiger partial charge in [0.25, 0.3) is 0 Å². The second kappa shape index (κ2) is 12.2. The third-order valence-corrected chi connectivity index (χ3v) is 15.0. The van der Waals surface area contributed by atoms with Crippen LogP contribution in [0.4, 0.5) is 10.5 Å². The van der Waals surface area contributed by atoms with E-state index in [1.165, 1.54) is 41.3 Å². The molecule has 0 spiro atoms. The molecule has 1 fully saturated rings. The number of carbonyl (C=O) groups is 3. The highest BCUT2D eigenvalue weighted by molar-refractivity contribution is 6.73. The van der Waals surface area contributed by atoms with E-state index >= 15 is 0 Å². The van der Waals surface area contributed by atoms with Gasteiger partial charge in [-0.15, -0.1) is 0 Å². The number of phenolic OH excluding ortho intramolecular Hbond substituents is 1. The van der Waals surface area contributed by atoms with Crippen molar-refractivity contribution < 1.29 is 38.5 Å². The fraction of sp³-hybridized carbons (Fsp3) is 0.378. The van der Waals surface area contributed by atoms with Crippen molar-refractivity contribution in [2.75, 3.05) is 11.5 Å². The normalized spacial score (nSPS) is 25.8. The number of aromatic hydroxyl groups is 1. The molecule has 2 heterocycles. The van der Waals surface area contributed by atoms with E-state index in [1.807, 2.05) is 6.92 Å². The summed E-state index contributed by atoms with van der Waals surface area (Å²) in [5.74, 6) is 9.98. The molecule has 2 aliphatic heterocycles. The number of phenols is 1. The van der Waals surface area contributed by atoms with Crippen molar-refractivity contribution in [3.63, 3.8) is 0 Å². The Morgan fingerprint density at radius 3 is 2.42 bits per heavy atom. The molecule has 248 valence electrons. The summed E-state index contributed by atoms with van der Waals surface area (Å²) in [6.07, 6.45) is 1.20. The van der Waals surface area contributed by atoms with Crippen LogP contribution < -0.4 is 10.6 Å². The number of nitrogens with zero attached hydrogens (tertiary/aromatic N) is 1. The molecule has 4 N–H and O–H groups in total. The summed E-state index contributed by atoms with van der Waals surface area (Å²) in [7, 11) is -2.34. The van der Waals surface area contributed by atoms with Crippen molar-refractivity contribution in [1.82, 2.24) is 0 Å². The van der Waals surface area contributed by atoms with Crippen LogP contribution in [-0.4, -0.2) is 66.6 Å². The van der Waals surface area contributed by atoms with Gasteiger partial charge in [-0.25, -0.2) is 4.79 Å². The van der Waals surface area contributed by atoms with Crippen molar-refractivity contribution in [3.05, 3.63) is 82.5 Å². The Morgan fingerprint density at radius 2 is 1.77 bits per heavy atom. The van der Waals surface area contributed by atoms with Crippen LogP contribution in [-0.2, 0) is 26.0 Å². The number of allylic oxidation sites excluding steroid dienone is 2. The molecule has 1 amide bonds. The van der Waals surface area contributed by atoms with E-state index in [0.29, 0.717) is 5.56 Å². The fourth-order valence-corrected chi connectivity index (χ4v) is 10.5. The lowest BCUT2D eigenvalue weighted by atomic mass is 9.68. The van der Waals surface area contributed by atoms with E-state index < -0.39 is 61.2 Å². The highest BCUT2D eigenvalue weighted by Crippen LogP contribution is 2.69. The number of nitrogens with two attached hydrogens (primary N) is 1. The van der Waals surface area contributed by atoms with E-state index in [0.717, 1.165) is 18.1 Å². The van der Waals surface area contributed by atoms with Crippen LogP contribution in [0, 0.1) is 23.7 Å². The average Bonchev–Trinajstić information content (AvgIpc) is 3.82. The van der Waals surface area contributed by atoms with Crippen LogP contribution in [0.3, 0.4) is 0 Å². The molecule has 2 aliphatic carbocycles. The van der Waals surface area contributed by atoms with Gasteiger partial charge in [-0.3, -0.25) is 14.5 Å². The first-order chi connectivity index (χ1) is 23.0. The first-order valence-electron chi connectivity index (χ1n) is 16.1. The van der Waals surface area contributed by atoms with E-state index in [4.69, 9.17) is 19.6 Å². The van der Waals surface area contributed by atoms with Gasteiger partial charge in [0.15, 0.2) is 37.2 Å². The van der Waals surface area contributed by atoms with Gasteiger partial charge in [0.1, 0.15) is 18.4 Å². The Labute approximate surface area is 280 Å². The second-order valence-corrected chi connectivity index (χ2v) is 17.1. The molecule has 0 radical (unpaired) electrons. The first kappa shape index (κ1) is 33.4. The third-order valence-electron chi connectivity index (χ3n) is 10.3. The summed E-state index contributed by atoms with van der Waals surface area (Å²) >= 11 is 0. The Morgan fingerprint density at radius 1 is 1.10 bits per heavy atom. The number of ketones is 2. The number of carbonyl (C=O) groups excluding carboxylic acids is 3. The van der Waals surface area contributed by atoms with E-state index in [-0.39, 0.29) is 46.7 Å².